The largest absolute Gasteiger partial charge is 0.497 e. The molecule has 1 aromatic heterocycles. The molecule has 28 heavy (non-hydrogen) atoms. The van der Waals surface area contributed by atoms with Gasteiger partial charge in [-0.2, -0.15) is 0 Å². The van der Waals surface area contributed by atoms with Crippen molar-refractivity contribution in [3.63, 3.8) is 0 Å². The zero-order valence-electron chi connectivity index (χ0n) is 15.3. The fourth-order valence-corrected chi connectivity index (χ4v) is 3.69. The number of nitrogens with zero attached hydrogens (tertiary/aromatic N) is 2. The van der Waals surface area contributed by atoms with E-state index < -0.39 is 6.17 Å². The third-order valence-electron chi connectivity index (χ3n) is 4.58. The molecule has 0 saturated carbocycles. The van der Waals surface area contributed by atoms with Crippen molar-refractivity contribution in [2.45, 2.75) is 6.17 Å². The molecule has 1 aliphatic heterocycles. The fraction of sp³-hybridized carbons (Fsp3) is 0.143. The highest BCUT2D eigenvalue weighted by Gasteiger charge is 2.40. The third-order valence-corrected chi connectivity index (χ3v) is 5.07. The number of rotatable bonds is 5. The number of halogens is 1. The van der Waals surface area contributed by atoms with E-state index in [1.54, 1.807) is 55.6 Å². The number of nitrogens with one attached hydrogen (secondary N) is 1. The van der Waals surface area contributed by atoms with Crippen LogP contribution < -0.4 is 19.7 Å². The van der Waals surface area contributed by atoms with Crippen LogP contribution in [0.4, 0.5) is 11.4 Å². The molecule has 1 unspecified atom stereocenters. The van der Waals surface area contributed by atoms with Crippen molar-refractivity contribution in [1.29, 1.82) is 0 Å². The van der Waals surface area contributed by atoms with Crippen molar-refractivity contribution in [2.75, 3.05) is 24.4 Å². The second kappa shape index (κ2) is 7.52. The van der Waals surface area contributed by atoms with Crippen LogP contribution in [0.2, 0.25) is 0 Å². The summed E-state index contributed by atoms with van der Waals surface area (Å²) in [4.78, 5) is 19.4. The van der Waals surface area contributed by atoms with Crippen LogP contribution in [0.3, 0.4) is 0 Å². The van der Waals surface area contributed by atoms with Crippen molar-refractivity contribution < 1.29 is 14.3 Å². The van der Waals surface area contributed by atoms with Gasteiger partial charge in [-0.3, -0.25) is 14.7 Å². The predicted molar refractivity (Wildman–Crippen MR) is 111 cm³/mol. The number of fused-ring (bicyclic) bond motifs is 1. The van der Waals surface area contributed by atoms with E-state index in [-0.39, 0.29) is 5.91 Å². The molecule has 6 nitrogen and oxygen atoms in total. The van der Waals surface area contributed by atoms with Gasteiger partial charge in [0.1, 0.15) is 11.5 Å². The van der Waals surface area contributed by atoms with Crippen LogP contribution in [0, 0.1) is 0 Å². The van der Waals surface area contributed by atoms with Gasteiger partial charge >= 0.3 is 0 Å². The minimum Gasteiger partial charge on any atom is -0.497 e. The minimum atomic E-state index is -0.487. The van der Waals surface area contributed by atoms with Gasteiger partial charge in [-0.05, 0) is 42.5 Å². The van der Waals surface area contributed by atoms with Gasteiger partial charge in [-0.1, -0.05) is 22.0 Å². The average Bonchev–Trinajstić information content (AvgIpc) is 2.99. The van der Waals surface area contributed by atoms with E-state index in [4.69, 9.17) is 9.47 Å². The summed E-state index contributed by atoms with van der Waals surface area (Å²) in [7, 11) is 3.17. The van der Waals surface area contributed by atoms with E-state index in [9.17, 15) is 4.79 Å². The number of methoxy groups -OCH3 is 2. The summed E-state index contributed by atoms with van der Waals surface area (Å²) >= 11 is 3.48. The van der Waals surface area contributed by atoms with Crippen LogP contribution in [0.25, 0.3) is 0 Å². The lowest BCUT2D eigenvalue weighted by Crippen LogP contribution is -2.32. The van der Waals surface area contributed by atoms with E-state index in [2.05, 4.69) is 26.2 Å². The van der Waals surface area contributed by atoms with Crippen LogP contribution in [-0.4, -0.2) is 25.1 Å². The summed E-state index contributed by atoms with van der Waals surface area (Å²) in [6.45, 7) is 0. The average molecular weight is 440 g/mol. The molecule has 0 aliphatic carbocycles. The van der Waals surface area contributed by atoms with Crippen molar-refractivity contribution >= 4 is 33.2 Å². The number of carbonyl (C=O) groups is 1. The first-order valence-corrected chi connectivity index (χ1v) is 9.44. The van der Waals surface area contributed by atoms with Crippen molar-refractivity contribution in [3.05, 3.63) is 76.5 Å². The highest BCUT2D eigenvalue weighted by molar-refractivity contribution is 9.10. The number of ether oxygens (including phenoxy) is 2. The molecule has 7 heteroatoms. The smallest absolute Gasteiger partial charge is 0.262 e. The Kier molecular flexibility index (Phi) is 4.92. The molecular weight excluding hydrogens is 422 g/mol. The molecule has 0 radical (unpaired) electrons. The summed E-state index contributed by atoms with van der Waals surface area (Å²) in [6.07, 6.45) is 1.20. The van der Waals surface area contributed by atoms with Crippen LogP contribution in [0.15, 0.2) is 65.3 Å². The lowest BCUT2D eigenvalue weighted by Gasteiger charge is -2.28. The Morgan fingerprint density at radius 2 is 1.93 bits per heavy atom. The van der Waals surface area contributed by atoms with Crippen LogP contribution >= 0.6 is 15.9 Å². The maximum atomic E-state index is 13.3. The Balaban J connectivity index is 1.84. The minimum absolute atomic E-state index is 0.151. The van der Waals surface area contributed by atoms with E-state index in [0.717, 1.165) is 10.2 Å². The molecule has 3 aromatic rings. The Labute approximate surface area is 171 Å². The quantitative estimate of drug-likeness (QED) is 0.627. The number of amides is 1. The number of aromatic nitrogens is 1. The van der Waals surface area contributed by atoms with Gasteiger partial charge in [-0.25, -0.2) is 0 Å². The summed E-state index contributed by atoms with van der Waals surface area (Å²) < 4.78 is 11.8. The van der Waals surface area contributed by atoms with Gasteiger partial charge in [0.25, 0.3) is 5.91 Å². The number of benzene rings is 2. The zero-order chi connectivity index (χ0) is 19.7. The van der Waals surface area contributed by atoms with Crippen LogP contribution in [0.5, 0.6) is 11.5 Å². The Hall–Kier alpha value is -3.06. The monoisotopic (exact) mass is 439 g/mol. The summed E-state index contributed by atoms with van der Waals surface area (Å²) in [5.41, 5.74) is 2.69. The summed E-state index contributed by atoms with van der Waals surface area (Å²) in [5.74, 6) is 1.05. The second-order valence-corrected chi connectivity index (χ2v) is 7.12. The zero-order valence-corrected chi connectivity index (χ0v) is 16.9. The lowest BCUT2D eigenvalue weighted by molar-refractivity contribution is 0.0992. The Morgan fingerprint density at radius 1 is 1.07 bits per heavy atom. The summed E-state index contributed by atoms with van der Waals surface area (Å²) in [6, 6.07) is 16.7. The van der Waals surface area contributed by atoms with E-state index in [1.807, 2.05) is 24.3 Å². The molecule has 142 valence electrons. The predicted octanol–water partition coefficient (Wildman–Crippen LogP) is 4.63. The SMILES string of the molecule is COc1ccc(OC)c(N2C(=O)c3cccnc3C2Nc2cccc(Br)c2)c1. The molecule has 0 fully saturated rings. The molecule has 1 atom stereocenters. The van der Waals surface area contributed by atoms with Crippen molar-refractivity contribution in [3.8, 4) is 11.5 Å². The molecule has 2 heterocycles. The van der Waals surface area contributed by atoms with Gasteiger partial charge < -0.3 is 14.8 Å². The highest BCUT2D eigenvalue weighted by atomic mass is 79.9. The molecule has 2 aromatic carbocycles. The molecule has 0 spiro atoms. The maximum absolute atomic E-state index is 13.3. The van der Waals surface area contributed by atoms with Crippen molar-refractivity contribution in [2.24, 2.45) is 0 Å². The summed E-state index contributed by atoms with van der Waals surface area (Å²) in [5, 5.41) is 3.42. The molecule has 1 amide bonds. The van der Waals surface area contributed by atoms with E-state index in [1.165, 1.54) is 0 Å². The first-order chi connectivity index (χ1) is 13.6. The molecule has 0 bridgehead atoms. The lowest BCUT2D eigenvalue weighted by atomic mass is 10.2. The molecule has 4 rings (SSSR count). The number of hydrogen-bond acceptors (Lipinski definition) is 5. The van der Waals surface area contributed by atoms with E-state index in [0.29, 0.717) is 28.4 Å². The maximum Gasteiger partial charge on any atom is 0.262 e. The van der Waals surface area contributed by atoms with Gasteiger partial charge in [0.2, 0.25) is 0 Å². The number of pyridine rings is 1. The van der Waals surface area contributed by atoms with Crippen LogP contribution in [0.1, 0.15) is 22.2 Å². The fourth-order valence-electron chi connectivity index (χ4n) is 3.29. The van der Waals surface area contributed by atoms with E-state index >= 15 is 0 Å². The Bertz CT molecular complexity index is 1040. The topological polar surface area (TPSA) is 63.7 Å². The van der Waals surface area contributed by atoms with Crippen LogP contribution in [-0.2, 0) is 0 Å². The van der Waals surface area contributed by atoms with Gasteiger partial charge in [0, 0.05) is 22.4 Å². The van der Waals surface area contributed by atoms with Gasteiger partial charge in [-0.15, -0.1) is 0 Å². The normalized spacial score (nSPS) is 15.3. The second-order valence-electron chi connectivity index (χ2n) is 6.21. The van der Waals surface area contributed by atoms with Gasteiger partial charge in [0.05, 0.1) is 31.2 Å². The van der Waals surface area contributed by atoms with Gasteiger partial charge in [0.15, 0.2) is 6.17 Å². The standard InChI is InChI=1S/C21H18BrN3O3/c1-27-15-8-9-18(28-2)17(12-15)25-20(24-14-6-3-5-13(22)11-14)19-16(21(25)26)7-4-10-23-19/h3-12,20,24H,1-2H3. The molecule has 1 N–H and O–H groups in total. The first kappa shape index (κ1) is 18.3. The molecule has 0 saturated heterocycles. The van der Waals surface area contributed by atoms with Crippen molar-refractivity contribution in [1.82, 2.24) is 4.98 Å². The number of anilines is 2. The Morgan fingerprint density at radius 3 is 2.68 bits per heavy atom. The third kappa shape index (κ3) is 3.18. The number of carbonyl (C=O) groups excluding carboxylic acids is 1. The molecular formula is C21H18BrN3O3. The highest BCUT2D eigenvalue weighted by Crippen LogP contribution is 2.42. The molecule has 1 aliphatic rings. The first-order valence-electron chi connectivity index (χ1n) is 8.65. The number of hydrogen-bond donors (Lipinski definition) is 1.